The second-order valence-electron chi connectivity index (χ2n) is 4.17. The van der Waals surface area contributed by atoms with Gasteiger partial charge in [0.15, 0.2) is 0 Å². The largest absolute Gasteiger partial charge is 0.0868 e. The van der Waals surface area contributed by atoms with Gasteiger partial charge in [0.05, 0.1) is 0 Å². The zero-order valence-electron chi connectivity index (χ0n) is 8.13. The fourth-order valence-electron chi connectivity index (χ4n) is 2.64. The molecular formula is C12H8Br4. The molecule has 2 bridgehead atoms. The first kappa shape index (κ1) is 11.9. The van der Waals surface area contributed by atoms with Gasteiger partial charge in [-0.15, -0.1) is 0 Å². The summed E-state index contributed by atoms with van der Waals surface area (Å²) < 4.78 is 2.57. The number of fused-ring (bicyclic) bond motifs is 1. The predicted molar refractivity (Wildman–Crippen MR) is 82.2 cm³/mol. The number of rotatable bonds is 0. The van der Waals surface area contributed by atoms with Crippen molar-refractivity contribution in [3.63, 3.8) is 0 Å². The lowest BCUT2D eigenvalue weighted by atomic mass is 9.71. The zero-order valence-corrected chi connectivity index (χ0v) is 14.5. The summed E-state index contributed by atoms with van der Waals surface area (Å²) in [4.78, 5) is 0.895. The Morgan fingerprint density at radius 2 is 1.12 bits per heavy atom. The van der Waals surface area contributed by atoms with Crippen molar-refractivity contribution in [1.82, 2.24) is 0 Å². The Morgan fingerprint density at radius 1 is 0.750 bits per heavy atom. The van der Waals surface area contributed by atoms with Gasteiger partial charge >= 0.3 is 0 Å². The van der Waals surface area contributed by atoms with Crippen molar-refractivity contribution in [3.05, 3.63) is 44.4 Å². The third kappa shape index (κ3) is 1.49. The molecule has 0 amide bonds. The lowest BCUT2D eigenvalue weighted by molar-refractivity contribution is 0.587. The monoisotopic (exact) mass is 468 g/mol. The van der Waals surface area contributed by atoms with Crippen LogP contribution in [0.25, 0.3) is 0 Å². The highest BCUT2D eigenvalue weighted by molar-refractivity contribution is 9.14. The average molecular weight is 472 g/mol. The molecule has 4 rings (SSSR count). The van der Waals surface area contributed by atoms with E-state index in [2.05, 4.69) is 88.0 Å². The van der Waals surface area contributed by atoms with Crippen LogP contribution in [0.5, 0.6) is 0 Å². The molecule has 0 fully saturated rings. The third-order valence-corrected chi connectivity index (χ3v) is 8.66. The minimum absolute atomic E-state index is 0.417. The van der Waals surface area contributed by atoms with Crippen molar-refractivity contribution in [3.8, 4) is 0 Å². The van der Waals surface area contributed by atoms with Crippen molar-refractivity contribution in [2.24, 2.45) is 0 Å². The Kier molecular flexibility index (Phi) is 3.15. The van der Waals surface area contributed by atoms with Gasteiger partial charge < -0.3 is 0 Å². The van der Waals surface area contributed by atoms with Crippen molar-refractivity contribution in [2.75, 3.05) is 0 Å². The van der Waals surface area contributed by atoms with Crippen molar-refractivity contribution < 1.29 is 0 Å². The van der Waals surface area contributed by atoms with Gasteiger partial charge in [-0.3, -0.25) is 0 Å². The molecule has 0 saturated carbocycles. The van der Waals surface area contributed by atoms with Crippen LogP contribution in [0.15, 0.2) is 33.2 Å². The van der Waals surface area contributed by atoms with E-state index in [-0.39, 0.29) is 0 Å². The zero-order chi connectivity index (χ0) is 11.4. The Hall–Kier alpha value is 0.880. The van der Waals surface area contributed by atoms with Crippen LogP contribution in [0, 0.1) is 0 Å². The molecule has 0 N–H and O–H groups in total. The van der Waals surface area contributed by atoms with Crippen molar-refractivity contribution >= 4 is 63.7 Å². The van der Waals surface area contributed by atoms with Crippen LogP contribution in [0.4, 0.5) is 0 Å². The van der Waals surface area contributed by atoms with Crippen LogP contribution in [-0.2, 0) is 0 Å². The molecule has 0 spiro atoms. The van der Waals surface area contributed by atoms with Gasteiger partial charge in [0.1, 0.15) is 0 Å². The number of alkyl halides is 2. The molecule has 3 aliphatic rings. The van der Waals surface area contributed by atoms with Crippen LogP contribution in [-0.4, -0.2) is 9.65 Å². The number of allylic oxidation sites excluding steroid dienone is 2. The summed E-state index contributed by atoms with van der Waals surface area (Å²) in [6, 6.07) is 8.72. The molecule has 4 heteroatoms. The van der Waals surface area contributed by atoms with Crippen LogP contribution >= 0.6 is 63.7 Å². The molecule has 0 aliphatic heterocycles. The second kappa shape index (κ2) is 4.22. The van der Waals surface area contributed by atoms with Gasteiger partial charge in [-0.2, -0.15) is 0 Å². The average Bonchev–Trinajstić information content (AvgIpc) is 2.28. The molecule has 0 nitrogen and oxygen atoms in total. The van der Waals surface area contributed by atoms with Crippen molar-refractivity contribution in [1.29, 1.82) is 0 Å². The summed E-state index contributed by atoms with van der Waals surface area (Å²) in [7, 11) is 0. The van der Waals surface area contributed by atoms with Crippen LogP contribution in [0.1, 0.15) is 23.0 Å². The second-order valence-corrected chi connectivity index (χ2v) is 7.99. The van der Waals surface area contributed by atoms with E-state index in [9.17, 15) is 0 Å². The van der Waals surface area contributed by atoms with Crippen LogP contribution in [0.2, 0.25) is 0 Å². The summed E-state index contributed by atoms with van der Waals surface area (Å²) >= 11 is 15.1. The lowest BCUT2D eigenvalue weighted by Crippen LogP contribution is -2.39. The summed E-state index contributed by atoms with van der Waals surface area (Å²) in [5, 5.41) is 0. The molecule has 16 heavy (non-hydrogen) atoms. The highest BCUT2D eigenvalue weighted by atomic mass is 79.9. The molecule has 0 heterocycles. The normalized spacial score (nSPS) is 36.5. The van der Waals surface area contributed by atoms with E-state index in [0.29, 0.717) is 21.5 Å². The van der Waals surface area contributed by atoms with Gasteiger partial charge in [0, 0.05) is 30.5 Å². The van der Waals surface area contributed by atoms with Gasteiger partial charge in [0.2, 0.25) is 0 Å². The van der Waals surface area contributed by atoms with Crippen LogP contribution < -0.4 is 0 Å². The summed E-state index contributed by atoms with van der Waals surface area (Å²) in [6.07, 6.45) is 0. The Bertz CT molecular complexity index is 437. The van der Waals surface area contributed by atoms with Gasteiger partial charge in [-0.1, -0.05) is 88.0 Å². The molecule has 1 aromatic rings. The molecule has 84 valence electrons. The standard InChI is InChI=1S/C12H8Br4/c13-9-7-5-3-1-2-4-6(5)8(11(9)15)12(16)10(7)14/h1-4,7-9,11H/t7-,8+,9-,11+. The molecule has 4 atom stereocenters. The smallest absolute Gasteiger partial charge is 0.0395 e. The molecule has 3 aliphatic carbocycles. The molecule has 0 radical (unpaired) electrons. The van der Waals surface area contributed by atoms with Crippen LogP contribution in [0.3, 0.4) is 0 Å². The predicted octanol–water partition coefficient (Wildman–Crippen LogP) is 5.41. The maximum Gasteiger partial charge on any atom is 0.0395 e. The fraction of sp³-hybridized carbons (Fsp3) is 0.333. The number of hydrogen-bond acceptors (Lipinski definition) is 0. The van der Waals surface area contributed by atoms with E-state index in [0.717, 1.165) is 0 Å². The maximum absolute atomic E-state index is 3.82. The van der Waals surface area contributed by atoms with E-state index in [1.165, 1.54) is 20.1 Å². The molecule has 0 unspecified atom stereocenters. The summed E-state index contributed by atoms with van der Waals surface area (Å²) in [6.45, 7) is 0. The Balaban J connectivity index is 2.28. The minimum atomic E-state index is 0.417. The topological polar surface area (TPSA) is 0 Å². The Morgan fingerprint density at radius 3 is 1.50 bits per heavy atom. The molecular weight excluding hydrogens is 464 g/mol. The first-order valence-corrected chi connectivity index (χ1v) is 8.46. The quantitative estimate of drug-likeness (QED) is 0.444. The highest BCUT2D eigenvalue weighted by Gasteiger charge is 2.48. The first-order chi connectivity index (χ1) is 7.63. The fourth-order valence-corrected chi connectivity index (χ4v) is 6.61. The first-order valence-electron chi connectivity index (χ1n) is 5.05. The maximum atomic E-state index is 3.82. The highest BCUT2D eigenvalue weighted by Crippen LogP contribution is 2.59. The number of halogens is 4. The molecule has 0 saturated heterocycles. The van der Waals surface area contributed by atoms with Gasteiger partial charge in [-0.05, 0) is 11.1 Å². The van der Waals surface area contributed by atoms with E-state index >= 15 is 0 Å². The molecule has 0 aromatic heterocycles. The number of benzene rings is 1. The SMILES string of the molecule is BrC1=C(Br)[C@H]2c3ccccc3[C@@H]1[C@@H](Br)[C@H]2Br. The van der Waals surface area contributed by atoms with Gasteiger partial charge in [-0.25, -0.2) is 0 Å². The number of hydrogen-bond donors (Lipinski definition) is 0. The lowest BCUT2D eigenvalue weighted by Gasteiger charge is -2.45. The van der Waals surface area contributed by atoms with E-state index in [1.54, 1.807) is 0 Å². The molecule has 1 aromatic carbocycles. The van der Waals surface area contributed by atoms with E-state index < -0.39 is 0 Å². The summed E-state index contributed by atoms with van der Waals surface area (Å²) in [5.41, 5.74) is 2.89. The Labute approximate surface area is 128 Å². The minimum Gasteiger partial charge on any atom is -0.0868 e. The van der Waals surface area contributed by atoms with Gasteiger partial charge in [0.25, 0.3) is 0 Å². The van der Waals surface area contributed by atoms with E-state index in [1.807, 2.05) is 0 Å². The summed E-state index contributed by atoms with van der Waals surface area (Å²) in [5.74, 6) is 0.833. The van der Waals surface area contributed by atoms with E-state index in [4.69, 9.17) is 0 Å². The third-order valence-electron chi connectivity index (χ3n) is 3.38. The van der Waals surface area contributed by atoms with Crippen molar-refractivity contribution in [2.45, 2.75) is 21.5 Å².